The number of hydrogen-bond acceptors (Lipinski definition) is 3. The summed E-state index contributed by atoms with van der Waals surface area (Å²) in [5.74, 6) is 1.25. The Balaban J connectivity index is 1.99. The number of carbonyl (C=O) groups is 1. The molecule has 1 saturated heterocycles. The van der Waals surface area contributed by atoms with E-state index in [1.807, 2.05) is 36.4 Å². The van der Waals surface area contributed by atoms with Crippen molar-refractivity contribution in [1.82, 2.24) is 10.6 Å². The fourth-order valence-corrected chi connectivity index (χ4v) is 2.33. The zero-order chi connectivity index (χ0) is 14.1. The van der Waals surface area contributed by atoms with E-state index in [1.54, 1.807) is 14.2 Å². The topological polar surface area (TPSA) is 62.7 Å². The molecule has 2 N–H and O–H groups in total. The van der Waals surface area contributed by atoms with Crippen LogP contribution in [0.5, 0.6) is 5.75 Å². The summed E-state index contributed by atoms with van der Waals surface area (Å²) in [4.78, 5) is 15.9. The highest BCUT2D eigenvalue weighted by atomic mass is 16.5. The molecule has 1 aliphatic rings. The lowest BCUT2D eigenvalue weighted by molar-refractivity contribution is -0.120. The number of ether oxygens (including phenoxy) is 1. The Hall–Kier alpha value is -2.56. The van der Waals surface area contributed by atoms with Gasteiger partial charge in [-0.05, 0) is 34.5 Å². The van der Waals surface area contributed by atoms with E-state index in [4.69, 9.17) is 4.74 Å². The van der Waals surface area contributed by atoms with Crippen LogP contribution in [-0.4, -0.2) is 26.0 Å². The Morgan fingerprint density at radius 3 is 2.60 bits per heavy atom. The van der Waals surface area contributed by atoms with Crippen LogP contribution in [0.15, 0.2) is 41.4 Å². The summed E-state index contributed by atoms with van der Waals surface area (Å²) in [5.41, 5.74) is 0.916. The van der Waals surface area contributed by atoms with E-state index in [2.05, 4.69) is 15.6 Å². The molecule has 0 spiro atoms. The Morgan fingerprint density at radius 2 is 1.90 bits per heavy atom. The number of aliphatic imine (C=N–C) groups is 1. The molecule has 1 unspecified atom stereocenters. The molecule has 1 fully saturated rings. The molecule has 0 radical (unpaired) electrons. The van der Waals surface area contributed by atoms with Crippen LogP contribution >= 0.6 is 0 Å². The van der Waals surface area contributed by atoms with Gasteiger partial charge in [-0.15, -0.1) is 0 Å². The molecule has 3 rings (SSSR count). The number of methoxy groups -OCH3 is 1. The van der Waals surface area contributed by atoms with Gasteiger partial charge in [-0.25, -0.2) is 0 Å². The van der Waals surface area contributed by atoms with Crippen LogP contribution in [0, 0.1) is 0 Å². The van der Waals surface area contributed by atoms with Crippen molar-refractivity contribution in [2.75, 3.05) is 14.2 Å². The monoisotopic (exact) mass is 269 g/mol. The van der Waals surface area contributed by atoms with Gasteiger partial charge >= 0.3 is 0 Å². The first-order valence-corrected chi connectivity index (χ1v) is 6.33. The van der Waals surface area contributed by atoms with Gasteiger partial charge in [0.05, 0.1) is 7.11 Å². The molecular formula is C15H15N3O2. The third kappa shape index (κ3) is 2.07. The number of hydrogen-bond donors (Lipinski definition) is 2. The van der Waals surface area contributed by atoms with Crippen LogP contribution in [0.25, 0.3) is 10.8 Å². The summed E-state index contributed by atoms with van der Waals surface area (Å²) >= 11 is 0. The maximum absolute atomic E-state index is 11.9. The number of benzene rings is 2. The molecule has 0 aromatic heterocycles. The number of rotatable bonds is 2. The highest BCUT2D eigenvalue weighted by molar-refractivity contribution is 6.07. The minimum atomic E-state index is -0.389. The smallest absolute Gasteiger partial charge is 0.253 e. The minimum Gasteiger partial charge on any atom is -0.497 e. The summed E-state index contributed by atoms with van der Waals surface area (Å²) in [6.45, 7) is 0. The fourth-order valence-electron chi connectivity index (χ4n) is 2.33. The van der Waals surface area contributed by atoms with Crippen molar-refractivity contribution in [3.05, 3.63) is 42.0 Å². The number of amides is 1. The second-order valence-electron chi connectivity index (χ2n) is 4.61. The zero-order valence-electron chi connectivity index (χ0n) is 11.3. The molecular weight excluding hydrogens is 254 g/mol. The van der Waals surface area contributed by atoms with Gasteiger partial charge in [0.25, 0.3) is 5.91 Å². The molecule has 0 aliphatic carbocycles. The Labute approximate surface area is 116 Å². The van der Waals surface area contributed by atoms with Crippen molar-refractivity contribution in [2.45, 2.75) is 6.04 Å². The number of carbonyl (C=O) groups excluding carboxylic acids is 1. The van der Waals surface area contributed by atoms with Gasteiger partial charge in [0, 0.05) is 7.05 Å². The Kier molecular flexibility index (Phi) is 3.02. The van der Waals surface area contributed by atoms with E-state index in [9.17, 15) is 4.79 Å². The van der Waals surface area contributed by atoms with Gasteiger partial charge in [0.1, 0.15) is 11.8 Å². The summed E-state index contributed by atoms with van der Waals surface area (Å²) in [6.07, 6.45) is 0. The zero-order valence-corrected chi connectivity index (χ0v) is 11.3. The fraction of sp³-hybridized carbons (Fsp3) is 0.200. The predicted octanol–water partition coefficient (Wildman–Crippen LogP) is 1.59. The van der Waals surface area contributed by atoms with Crippen molar-refractivity contribution < 1.29 is 9.53 Å². The van der Waals surface area contributed by atoms with Crippen molar-refractivity contribution in [2.24, 2.45) is 4.99 Å². The minimum absolute atomic E-state index is 0.0848. The molecule has 2 aromatic carbocycles. The molecule has 0 saturated carbocycles. The number of fused-ring (bicyclic) bond motifs is 1. The lowest BCUT2D eigenvalue weighted by Crippen LogP contribution is -2.24. The standard InChI is InChI=1S/C15H15N3O2/c1-16-15-17-13(14(19)18-15)11-4-3-10-8-12(20-2)6-5-9(10)7-11/h3-8,13H,1-2H3,(H2,16,17,18,19). The summed E-state index contributed by atoms with van der Waals surface area (Å²) in [6, 6.07) is 11.4. The van der Waals surface area contributed by atoms with Crippen molar-refractivity contribution >= 4 is 22.6 Å². The molecule has 1 heterocycles. The number of guanidine groups is 1. The van der Waals surface area contributed by atoms with Crippen LogP contribution in [0.1, 0.15) is 11.6 Å². The average molecular weight is 269 g/mol. The van der Waals surface area contributed by atoms with Crippen LogP contribution in [-0.2, 0) is 4.79 Å². The van der Waals surface area contributed by atoms with E-state index < -0.39 is 0 Å². The summed E-state index contributed by atoms with van der Waals surface area (Å²) in [5, 5.41) is 7.91. The average Bonchev–Trinajstić information content (AvgIpc) is 2.87. The van der Waals surface area contributed by atoms with E-state index in [-0.39, 0.29) is 11.9 Å². The van der Waals surface area contributed by atoms with Gasteiger partial charge in [-0.3, -0.25) is 15.1 Å². The first-order chi connectivity index (χ1) is 9.71. The van der Waals surface area contributed by atoms with Crippen LogP contribution in [0.4, 0.5) is 0 Å². The first kappa shape index (κ1) is 12.5. The molecule has 0 bridgehead atoms. The Morgan fingerprint density at radius 1 is 1.15 bits per heavy atom. The maximum atomic E-state index is 11.9. The third-order valence-electron chi connectivity index (χ3n) is 3.41. The van der Waals surface area contributed by atoms with Crippen molar-refractivity contribution in [3.63, 3.8) is 0 Å². The lowest BCUT2D eigenvalue weighted by atomic mass is 10.0. The summed E-state index contributed by atoms with van der Waals surface area (Å²) < 4.78 is 5.21. The molecule has 2 aromatic rings. The summed E-state index contributed by atoms with van der Waals surface area (Å²) in [7, 11) is 3.28. The molecule has 1 aliphatic heterocycles. The lowest BCUT2D eigenvalue weighted by Gasteiger charge is -2.10. The maximum Gasteiger partial charge on any atom is 0.253 e. The van der Waals surface area contributed by atoms with Crippen LogP contribution in [0.3, 0.4) is 0 Å². The molecule has 5 nitrogen and oxygen atoms in total. The quantitative estimate of drug-likeness (QED) is 0.870. The highest BCUT2D eigenvalue weighted by Crippen LogP contribution is 2.25. The number of nitrogens with zero attached hydrogens (tertiary/aromatic N) is 1. The molecule has 1 amide bonds. The van der Waals surface area contributed by atoms with Crippen molar-refractivity contribution in [1.29, 1.82) is 0 Å². The van der Waals surface area contributed by atoms with Crippen molar-refractivity contribution in [3.8, 4) is 5.75 Å². The molecule has 1 atom stereocenters. The normalized spacial score (nSPS) is 20.0. The number of nitrogens with one attached hydrogen (secondary N) is 2. The second-order valence-corrected chi connectivity index (χ2v) is 4.61. The third-order valence-corrected chi connectivity index (χ3v) is 3.41. The van der Waals surface area contributed by atoms with Gasteiger partial charge in [-0.1, -0.05) is 18.2 Å². The molecule has 20 heavy (non-hydrogen) atoms. The van der Waals surface area contributed by atoms with Gasteiger partial charge < -0.3 is 10.1 Å². The largest absolute Gasteiger partial charge is 0.497 e. The second kappa shape index (κ2) is 4.85. The highest BCUT2D eigenvalue weighted by Gasteiger charge is 2.29. The first-order valence-electron chi connectivity index (χ1n) is 6.33. The van der Waals surface area contributed by atoms with E-state index in [1.165, 1.54) is 0 Å². The molecule has 5 heteroatoms. The van der Waals surface area contributed by atoms with Gasteiger partial charge in [0.15, 0.2) is 5.96 Å². The van der Waals surface area contributed by atoms with E-state index in [0.29, 0.717) is 5.96 Å². The Bertz CT molecular complexity index is 709. The SMILES string of the molecule is CN=C1NC(=O)C(c2ccc3cc(OC)ccc3c2)N1. The van der Waals surface area contributed by atoms with Crippen LogP contribution in [0.2, 0.25) is 0 Å². The predicted molar refractivity (Wildman–Crippen MR) is 77.9 cm³/mol. The van der Waals surface area contributed by atoms with E-state index >= 15 is 0 Å². The van der Waals surface area contributed by atoms with Gasteiger partial charge in [0.2, 0.25) is 0 Å². The molecule has 102 valence electrons. The van der Waals surface area contributed by atoms with Crippen LogP contribution < -0.4 is 15.4 Å². The van der Waals surface area contributed by atoms with Gasteiger partial charge in [-0.2, -0.15) is 0 Å². The van der Waals surface area contributed by atoms with E-state index in [0.717, 1.165) is 22.1 Å².